The van der Waals surface area contributed by atoms with E-state index >= 15 is 0 Å². The molecule has 18 heteroatoms. The molecule has 15 nitrogen and oxygen atoms in total. The number of aryl methyl sites for hydroxylation is 1. The van der Waals surface area contributed by atoms with Gasteiger partial charge in [0.2, 0.25) is 0 Å². The first-order chi connectivity index (χ1) is 27.7. The maximum atomic E-state index is 12.2. The Kier molecular flexibility index (Phi) is 19.1. The van der Waals surface area contributed by atoms with Gasteiger partial charge in [-0.2, -0.15) is 25.3 Å². The Balaban J connectivity index is 1.81. The number of methoxy groups -OCH3 is 1. The average Bonchev–Trinajstić information content (AvgIpc) is 3.39. The van der Waals surface area contributed by atoms with Crippen molar-refractivity contribution in [1.82, 2.24) is 0 Å². The molecule has 1 heterocycles. The number of ether oxygens (including phenoxy) is 5. The number of rotatable bonds is 27. The predicted octanol–water partition coefficient (Wildman–Crippen LogP) is 5.87. The van der Waals surface area contributed by atoms with Gasteiger partial charge in [-0.15, -0.1) is 0 Å². The second-order valence-corrected chi connectivity index (χ2v) is 18.8. The number of likely N-dealkylation sites (N-methyl/N-ethyl adjacent to an activating group) is 1. The van der Waals surface area contributed by atoms with Crippen molar-refractivity contribution in [3.05, 3.63) is 101 Å². The van der Waals surface area contributed by atoms with Crippen molar-refractivity contribution in [2.45, 2.75) is 67.6 Å². The number of hydrogen-bond acceptors (Lipinski definition) is 12. The number of fused-ring (bicyclic) bond motifs is 1. The van der Waals surface area contributed by atoms with Crippen molar-refractivity contribution in [2.75, 3.05) is 83.8 Å². The van der Waals surface area contributed by atoms with E-state index < -0.39 is 46.9 Å². The van der Waals surface area contributed by atoms with Crippen molar-refractivity contribution in [2.24, 2.45) is 0 Å². The molecule has 2 aromatic rings. The van der Waals surface area contributed by atoms with Crippen LogP contribution in [0.1, 0.15) is 56.7 Å². The van der Waals surface area contributed by atoms with E-state index in [1.165, 1.54) is 24.3 Å². The quantitative estimate of drug-likeness (QED) is 0.0544. The SMILES string of the molecule is C=C(/C=C/C=C/C=C1/N(CC)c2ccc(S(=O)(=O)O)cc2C1(C)CCOCCOCCOCCOCCOC)C(C)(CCCS(=O)(=O)O)c1cc(S(=O)(=O)O)ccc1C. The highest BCUT2D eigenvalue weighted by Gasteiger charge is 2.43. The molecule has 1 aliphatic rings. The summed E-state index contributed by atoms with van der Waals surface area (Å²) in [6.45, 7) is 16.1. The van der Waals surface area contributed by atoms with Gasteiger partial charge in [-0.3, -0.25) is 13.7 Å². The van der Waals surface area contributed by atoms with Gasteiger partial charge in [0.05, 0.1) is 68.4 Å². The van der Waals surface area contributed by atoms with Crippen molar-refractivity contribution in [3.8, 4) is 0 Å². The summed E-state index contributed by atoms with van der Waals surface area (Å²) in [6, 6.07) is 8.73. The van der Waals surface area contributed by atoms with Crippen molar-refractivity contribution in [3.63, 3.8) is 0 Å². The fourth-order valence-electron chi connectivity index (χ4n) is 6.98. The van der Waals surface area contributed by atoms with E-state index in [-0.39, 0.29) is 22.6 Å². The Labute approximate surface area is 350 Å². The van der Waals surface area contributed by atoms with Crippen LogP contribution in [0.4, 0.5) is 5.69 Å². The van der Waals surface area contributed by atoms with Crippen molar-refractivity contribution < 1.29 is 62.6 Å². The molecule has 0 saturated heterocycles. The summed E-state index contributed by atoms with van der Waals surface area (Å²) in [4.78, 5) is 1.54. The van der Waals surface area contributed by atoms with Gasteiger partial charge in [-0.25, -0.2) is 0 Å². The minimum absolute atomic E-state index is 0.0448. The maximum Gasteiger partial charge on any atom is 0.294 e. The third kappa shape index (κ3) is 14.7. The molecule has 3 rings (SSSR count). The zero-order valence-corrected chi connectivity index (χ0v) is 36.9. The molecule has 0 bridgehead atoms. The van der Waals surface area contributed by atoms with E-state index in [2.05, 4.69) is 11.5 Å². The minimum atomic E-state index is -4.54. The number of nitrogens with zero attached hydrogens (tertiary/aromatic N) is 1. The lowest BCUT2D eigenvalue weighted by atomic mass is 9.71. The van der Waals surface area contributed by atoms with E-state index in [4.69, 9.17) is 23.7 Å². The third-order valence-corrected chi connectivity index (χ3v) is 12.8. The molecule has 2 aromatic carbocycles. The first-order valence-corrected chi connectivity index (χ1v) is 23.7. The zero-order chi connectivity index (χ0) is 43.9. The lowest BCUT2D eigenvalue weighted by molar-refractivity contribution is -0.00860. The van der Waals surface area contributed by atoms with E-state index in [1.807, 2.05) is 26.0 Å². The zero-order valence-electron chi connectivity index (χ0n) is 34.5. The lowest BCUT2D eigenvalue weighted by Gasteiger charge is -2.33. The molecule has 1 aliphatic heterocycles. The van der Waals surface area contributed by atoms with Crippen molar-refractivity contribution in [1.29, 1.82) is 0 Å². The van der Waals surface area contributed by atoms with Crippen molar-refractivity contribution >= 4 is 36.0 Å². The maximum absolute atomic E-state index is 12.2. The molecule has 2 unspecified atom stereocenters. The molecule has 0 aromatic heterocycles. The molecule has 330 valence electrons. The van der Waals surface area contributed by atoms with Gasteiger partial charge < -0.3 is 28.6 Å². The second kappa shape index (κ2) is 22.5. The Morgan fingerprint density at radius 2 is 1.34 bits per heavy atom. The normalized spacial score (nSPS) is 18.0. The molecule has 0 amide bonds. The summed E-state index contributed by atoms with van der Waals surface area (Å²) in [5.41, 5.74) is 2.37. The summed E-state index contributed by atoms with van der Waals surface area (Å²) in [5.74, 6) is -0.508. The summed E-state index contributed by atoms with van der Waals surface area (Å²) >= 11 is 0. The highest BCUT2D eigenvalue weighted by molar-refractivity contribution is 7.86. The monoisotopic (exact) mass is 885 g/mol. The second-order valence-electron chi connectivity index (χ2n) is 14.4. The topological polar surface area (TPSA) is 212 Å². The lowest BCUT2D eigenvalue weighted by Crippen LogP contribution is -2.30. The Hall–Kier alpha value is -3.27. The van der Waals surface area contributed by atoms with Crippen LogP contribution in [-0.4, -0.2) is 118 Å². The largest absolute Gasteiger partial charge is 0.382 e. The van der Waals surface area contributed by atoms with Crippen LogP contribution in [-0.2, 0) is 64.9 Å². The van der Waals surface area contributed by atoms with Crippen LogP contribution in [0, 0.1) is 6.92 Å². The predicted molar refractivity (Wildman–Crippen MR) is 226 cm³/mol. The van der Waals surface area contributed by atoms with Gasteiger partial charge in [-0.05, 0) is 98.7 Å². The average molecular weight is 886 g/mol. The van der Waals surface area contributed by atoms with Crippen LogP contribution in [0.25, 0.3) is 0 Å². The first kappa shape index (κ1) is 50.1. The van der Waals surface area contributed by atoms with Crippen LogP contribution in [0.5, 0.6) is 0 Å². The van der Waals surface area contributed by atoms with E-state index in [9.17, 15) is 38.9 Å². The number of allylic oxidation sites excluding steroid dienone is 7. The standard InChI is InChI=1S/C41H59NO14S3/c1-7-42-38-17-16-35(59(49,50)51)31-37(38)41(5,19-20-53-23-24-55-27-28-56-26-25-54-22-21-52-6)39(42)13-10-8-9-12-33(3)40(4,18-11-29-57(43,44)45)36-30-34(58(46,47)48)15-14-32(36)2/h8-10,12-17,30-31H,3,7,11,18-29H2,1-2,4-6H3,(H,43,44,45)(H,46,47,48)(H,49,50,51)/b10-8+,12-9+,39-13+. The highest BCUT2D eigenvalue weighted by atomic mass is 32.2. The number of benzene rings is 2. The third-order valence-electron chi connectivity index (χ3n) is 10.3. The van der Waals surface area contributed by atoms with Gasteiger partial charge >= 0.3 is 0 Å². The first-order valence-electron chi connectivity index (χ1n) is 19.2. The van der Waals surface area contributed by atoms with Crippen LogP contribution >= 0.6 is 0 Å². The van der Waals surface area contributed by atoms with E-state index in [1.54, 1.807) is 51.3 Å². The summed E-state index contributed by atoms with van der Waals surface area (Å²) < 4.78 is 128. The minimum Gasteiger partial charge on any atom is -0.382 e. The summed E-state index contributed by atoms with van der Waals surface area (Å²) in [7, 11) is -11.7. The smallest absolute Gasteiger partial charge is 0.294 e. The fraction of sp³-hybridized carbons (Fsp3) is 0.512. The molecule has 0 radical (unpaired) electrons. The summed E-state index contributed by atoms with van der Waals surface area (Å²) in [6.07, 6.45) is 9.66. The Morgan fingerprint density at radius 3 is 1.88 bits per heavy atom. The number of anilines is 1. The molecule has 0 fully saturated rings. The number of hydrogen-bond donors (Lipinski definition) is 3. The van der Waals surface area contributed by atoms with Gasteiger partial charge in [-0.1, -0.05) is 43.9 Å². The molecule has 0 saturated carbocycles. The molecule has 0 spiro atoms. The Bertz CT molecular complexity index is 2150. The van der Waals surface area contributed by atoms with Gasteiger partial charge in [0.25, 0.3) is 30.4 Å². The van der Waals surface area contributed by atoms with E-state index in [0.29, 0.717) is 94.7 Å². The van der Waals surface area contributed by atoms with Gasteiger partial charge in [0.15, 0.2) is 0 Å². The fourth-order valence-corrected chi connectivity index (χ4v) is 8.50. The van der Waals surface area contributed by atoms with Crippen LogP contribution < -0.4 is 4.90 Å². The Morgan fingerprint density at radius 1 is 0.797 bits per heavy atom. The van der Waals surface area contributed by atoms with Gasteiger partial charge in [0, 0.05) is 42.5 Å². The van der Waals surface area contributed by atoms with Gasteiger partial charge in [0.1, 0.15) is 0 Å². The molecule has 0 aliphatic carbocycles. The molecular formula is C41H59NO14S3. The summed E-state index contributed by atoms with van der Waals surface area (Å²) in [5, 5.41) is 0. The highest BCUT2D eigenvalue weighted by Crippen LogP contribution is 2.50. The van der Waals surface area contributed by atoms with Crippen LogP contribution in [0.15, 0.2) is 94.4 Å². The molecule has 59 heavy (non-hydrogen) atoms. The molecular weight excluding hydrogens is 827 g/mol. The molecule has 2 atom stereocenters. The molecule has 3 N–H and O–H groups in total. The van der Waals surface area contributed by atoms with Crippen LogP contribution in [0.2, 0.25) is 0 Å². The van der Waals surface area contributed by atoms with E-state index in [0.717, 1.165) is 11.4 Å². The van der Waals surface area contributed by atoms with Crippen LogP contribution in [0.3, 0.4) is 0 Å².